The first-order valence-corrected chi connectivity index (χ1v) is 7.42. The largest absolute Gasteiger partial charge is 0.488 e. The first-order chi connectivity index (χ1) is 11.2. The van der Waals surface area contributed by atoms with E-state index in [0.29, 0.717) is 13.0 Å². The summed E-state index contributed by atoms with van der Waals surface area (Å²) >= 11 is 0. The van der Waals surface area contributed by atoms with E-state index in [-0.39, 0.29) is 12.1 Å². The molecule has 1 aliphatic rings. The molecule has 1 fully saturated rings. The summed E-state index contributed by atoms with van der Waals surface area (Å²) in [6.45, 7) is 0.657. The summed E-state index contributed by atoms with van der Waals surface area (Å²) < 4.78 is 12.6. The molecule has 0 unspecified atom stereocenters. The molecule has 6 heteroatoms. The average molecular weight is 313 g/mol. The van der Waals surface area contributed by atoms with Gasteiger partial charge in [-0.2, -0.15) is 0 Å². The summed E-state index contributed by atoms with van der Waals surface area (Å²) in [6.07, 6.45) is 5.82. The molecule has 1 aliphatic heterocycles. The van der Waals surface area contributed by atoms with Crippen molar-refractivity contribution in [2.75, 3.05) is 13.7 Å². The van der Waals surface area contributed by atoms with Crippen molar-refractivity contribution in [2.45, 2.75) is 12.5 Å². The molecule has 0 aromatic carbocycles. The van der Waals surface area contributed by atoms with Gasteiger partial charge in [-0.15, -0.1) is 0 Å². The van der Waals surface area contributed by atoms with Crippen molar-refractivity contribution in [2.24, 2.45) is 7.05 Å². The van der Waals surface area contributed by atoms with Gasteiger partial charge in [0.15, 0.2) is 0 Å². The number of rotatable bonds is 4. The lowest BCUT2D eigenvalue weighted by Gasteiger charge is -2.12. The molecule has 1 atom stereocenters. The third-order valence-electron chi connectivity index (χ3n) is 3.74. The number of nitrogens with zero attached hydrogens (tertiary/aromatic N) is 2. The van der Waals surface area contributed by atoms with Gasteiger partial charge in [-0.1, -0.05) is 0 Å². The van der Waals surface area contributed by atoms with Crippen LogP contribution in [0.4, 0.5) is 0 Å². The highest BCUT2D eigenvalue weighted by Crippen LogP contribution is 2.24. The fourth-order valence-electron chi connectivity index (χ4n) is 2.57. The van der Waals surface area contributed by atoms with E-state index in [1.54, 1.807) is 6.20 Å². The van der Waals surface area contributed by atoms with Crippen LogP contribution in [0.25, 0.3) is 11.4 Å². The predicted octanol–water partition coefficient (Wildman–Crippen LogP) is 1.88. The Morgan fingerprint density at radius 3 is 3.09 bits per heavy atom. The van der Waals surface area contributed by atoms with Crippen LogP contribution in [0.2, 0.25) is 0 Å². The minimum atomic E-state index is -0.358. The Kier molecular flexibility index (Phi) is 4.32. The van der Waals surface area contributed by atoms with Crippen molar-refractivity contribution in [3.8, 4) is 17.1 Å². The number of hydrogen-bond acceptors (Lipinski definition) is 5. The standard InChI is InChI=1S/C17H19N3O3/c1-20-7-3-4-16(20)15-10-13(5-6-18-15)23-14-8-12(19-11-14)9-17(21)22-2/h3-7,9-10,14,19H,8,11H2,1-2H3/b12-9+/t14-/m1/s1. The fourth-order valence-corrected chi connectivity index (χ4v) is 2.57. The van der Waals surface area contributed by atoms with Crippen LogP contribution >= 0.6 is 0 Å². The SMILES string of the molecule is COC(=O)/C=C1\C[C@@H](Oc2ccnc(-c3cccn3C)c2)CN1. The minimum Gasteiger partial charge on any atom is -0.488 e. The second-order valence-electron chi connectivity index (χ2n) is 5.40. The van der Waals surface area contributed by atoms with Crippen molar-refractivity contribution in [1.82, 2.24) is 14.9 Å². The number of aryl methyl sites for hydroxylation is 1. The Morgan fingerprint density at radius 2 is 2.35 bits per heavy atom. The van der Waals surface area contributed by atoms with Gasteiger partial charge >= 0.3 is 5.97 Å². The number of methoxy groups -OCH3 is 1. The Balaban J connectivity index is 1.69. The van der Waals surface area contributed by atoms with Crippen LogP contribution in [0.1, 0.15) is 6.42 Å². The monoisotopic (exact) mass is 313 g/mol. The van der Waals surface area contributed by atoms with E-state index in [4.69, 9.17) is 4.74 Å². The second-order valence-corrected chi connectivity index (χ2v) is 5.40. The zero-order valence-corrected chi connectivity index (χ0v) is 13.2. The molecule has 0 saturated carbocycles. The molecule has 120 valence electrons. The molecule has 0 aliphatic carbocycles. The summed E-state index contributed by atoms with van der Waals surface area (Å²) in [5, 5.41) is 3.16. The molecule has 1 N–H and O–H groups in total. The smallest absolute Gasteiger partial charge is 0.332 e. The summed E-state index contributed by atoms with van der Waals surface area (Å²) in [7, 11) is 3.35. The van der Waals surface area contributed by atoms with Crippen molar-refractivity contribution < 1.29 is 14.3 Å². The van der Waals surface area contributed by atoms with Crippen LogP contribution in [0.15, 0.2) is 48.4 Å². The molecule has 2 aromatic rings. The molecular weight excluding hydrogens is 294 g/mol. The maximum absolute atomic E-state index is 11.3. The van der Waals surface area contributed by atoms with Gasteiger partial charge < -0.3 is 19.4 Å². The van der Waals surface area contributed by atoms with Crippen molar-refractivity contribution in [3.63, 3.8) is 0 Å². The Labute approximate surface area is 134 Å². The maximum Gasteiger partial charge on any atom is 0.332 e. The lowest BCUT2D eigenvalue weighted by Crippen LogP contribution is -2.19. The Hall–Kier alpha value is -2.76. The zero-order valence-electron chi connectivity index (χ0n) is 13.2. The van der Waals surface area contributed by atoms with Crippen LogP contribution in [-0.4, -0.2) is 35.3 Å². The number of carbonyl (C=O) groups is 1. The first kappa shape index (κ1) is 15.1. The first-order valence-electron chi connectivity index (χ1n) is 7.42. The third kappa shape index (κ3) is 3.53. The van der Waals surface area contributed by atoms with E-state index in [0.717, 1.165) is 22.8 Å². The number of ether oxygens (including phenoxy) is 2. The summed E-state index contributed by atoms with van der Waals surface area (Å²) in [4.78, 5) is 15.6. The minimum absolute atomic E-state index is 0.0189. The number of pyridine rings is 1. The maximum atomic E-state index is 11.3. The quantitative estimate of drug-likeness (QED) is 0.690. The number of hydrogen-bond donors (Lipinski definition) is 1. The molecule has 3 heterocycles. The summed E-state index contributed by atoms with van der Waals surface area (Å²) in [5.41, 5.74) is 2.73. The molecule has 0 bridgehead atoms. The third-order valence-corrected chi connectivity index (χ3v) is 3.74. The Bertz CT molecular complexity index is 736. The molecule has 1 saturated heterocycles. The lowest BCUT2D eigenvalue weighted by molar-refractivity contribution is -0.134. The van der Waals surface area contributed by atoms with Gasteiger partial charge in [0.2, 0.25) is 0 Å². The molecule has 2 aromatic heterocycles. The van der Waals surface area contributed by atoms with E-state index in [2.05, 4.69) is 15.0 Å². The zero-order chi connectivity index (χ0) is 16.2. The van der Waals surface area contributed by atoms with Crippen LogP contribution in [0.5, 0.6) is 5.75 Å². The van der Waals surface area contributed by atoms with Crippen molar-refractivity contribution in [3.05, 3.63) is 48.4 Å². The van der Waals surface area contributed by atoms with E-state index in [9.17, 15) is 4.79 Å². The van der Waals surface area contributed by atoms with Crippen molar-refractivity contribution in [1.29, 1.82) is 0 Å². The molecule has 0 amide bonds. The van der Waals surface area contributed by atoms with E-state index in [1.165, 1.54) is 13.2 Å². The molecule has 6 nitrogen and oxygen atoms in total. The lowest BCUT2D eigenvalue weighted by atomic mass is 10.2. The van der Waals surface area contributed by atoms with Gasteiger partial charge in [0.25, 0.3) is 0 Å². The number of aromatic nitrogens is 2. The molecule has 3 rings (SSSR count). The van der Waals surface area contributed by atoms with Gasteiger partial charge in [0, 0.05) is 43.7 Å². The van der Waals surface area contributed by atoms with E-state index < -0.39 is 0 Å². The topological polar surface area (TPSA) is 65.4 Å². The molecule has 0 spiro atoms. The van der Waals surface area contributed by atoms with Gasteiger partial charge in [-0.05, 0) is 18.2 Å². The number of esters is 1. The predicted molar refractivity (Wildman–Crippen MR) is 85.8 cm³/mol. The van der Waals surface area contributed by atoms with Gasteiger partial charge in [0.05, 0.1) is 25.0 Å². The van der Waals surface area contributed by atoms with Crippen LogP contribution in [0.3, 0.4) is 0 Å². The van der Waals surface area contributed by atoms with Crippen LogP contribution in [-0.2, 0) is 16.6 Å². The average Bonchev–Trinajstić information content (AvgIpc) is 3.16. The fraction of sp³-hybridized carbons (Fsp3) is 0.294. The highest BCUT2D eigenvalue weighted by molar-refractivity contribution is 5.82. The highest BCUT2D eigenvalue weighted by Gasteiger charge is 2.21. The van der Waals surface area contributed by atoms with Crippen LogP contribution < -0.4 is 10.1 Å². The molecule has 23 heavy (non-hydrogen) atoms. The van der Waals surface area contributed by atoms with Crippen molar-refractivity contribution >= 4 is 5.97 Å². The number of carbonyl (C=O) groups excluding carboxylic acids is 1. The van der Waals surface area contributed by atoms with Gasteiger partial charge in [-0.25, -0.2) is 4.79 Å². The van der Waals surface area contributed by atoms with Gasteiger partial charge in [0.1, 0.15) is 11.9 Å². The summed E-state index contributed by atoms with van der Waals surface area (Å²) in [5.74, 6) is 0.408. The highest BCUT2D eigenvalue weighted by atomic mass is 16.5. The second kappa shape index (κ2) is 6.56. The molecule has 0 radical (unpaired) electrons. The van der Waals surface area contributed by atoms with Gasteiger partial charge in [-0.3, -0.25) is 4.98 Å². The Morgan fingerprint density at radius 1 is 1.48 bits per heavy atom. The molecular formula is C17H19N3O3. The van der Waals surface area contributed by atoms with E-state index >= 15 is 0 Å². The number of nitrogens with one attached hydrogen (secondary N) is 1. The van der Waals surface area contributed by atoms with E-state index in [1.807, 2.05) is 42.1 Å². The normalized spacial score (nSPS) is 18.7. The van der Waals surface area contributed by atoms with Crippen LogP contribution in [0, 0.1) is 0 Å². The summed E-state index contributed by atoms with van der Waals surface area (Å²) in [6, 6.07) is 7.77.